The van der Waals surface area contributed by atoms with Gasteiger partial charge >= 0.3 is 0 Å². The molecule has 0 fully saturated rings. The molecule has 0 aliphatic rings. The van der Waals surface area contributed by atoms with E-state index in [4.69, 9.17) is 17.3 Å². The van der Waals surface area contributed by atoms with Crippen molar-refractivity contribution in [1.82, 2.24) is 9.97 Å². The van der Waals surface area contributed by atoms with E-state index >= 15 is 0 Å². The number of hydrogen-bond acceptors (Lipinski definition) is 3. The molecule has 4 rings (SSSR count). The van der Waals surface area contributed by atoms with Gasteiger partial charge in [0.15, 0.2) is 17.4 Å². The van der Waals surface area contributed by atoms with Crippen molar-refractivity contribution in [2.45, 2.75) is 0 Å². The molecule has 2 aromatic carbocycles. The second kappa shape index (κ2) is 6.48. The molecule has 0 bridgehead atoms. The van der Waals surface area contributed by atoms with Crippen LogP contribution in [-0.4, -0.2) is 15.8 Å². The monoisotopic (exact) mass is 384 g/mol. The first-order valence-corrected chi connectivity index (χ1v) is 8.39. The molecule has 0 atom stereocenters. The molecule has 27 heavy (non-hydrogen) atoms. The van der Waals surface area contributed by atoms with Crippen molar-refractivity contribution in [2.24, 2.45) is 0 Å². The number of aromatic nitrogens is 2. The van der Waals surface area contributed by atoms with E-state index in [2.05, 4.69) is 9.97 Å². The second-order valence-corrected chi connectivity index (χ2v) is 6.47. The first-order chi connectivity index (χ1) is 13.0. The normalized spacial score (nSPS) is 11.1. The lowest BCUT2D eigenvalue weighted by Crippen LogP contribution is -2.09. The van der Waals surface area contributed by atoms with Crippen molar-refractivity contribution >= 4 is 22.5 Å². The van der Waals surface area contributed by atoms with Crippen LogP contribution in [0.2, 0.25) is 5.02 Å². The molecule has 0 amide bonds. The van der Waals surface area contributed by atoms with Gasteiger partial charge in [0.25, 0.3) is 0 Å². The lowest BCUT2D eigenvalue weighted by Gasteiger charge is -2.06. The average molecular weight is 385 g/mol. The van der Waals surface area contributed by atoms with Crippen LogP contribution in [0.5, 0.6) is 0 Å². The highest BCUT2D eigenvalue weighted by molar-refractivity contribution is 6.16. The Morgan fingerprint density at radius 1 is 1.07 bits per heavy atom. The Balaban J connectivity index is 1.86. The van der Waals surface area contributed by atoms with Crippen molar-refractivity contribution in [2.75, 3.05) is 5.73 Å². The summed E-state index contributed by atoms with van der Waals surface area (Å²) >= 11 is 5.08. The Labute approximate surface area is 157 Å². The maximum absolute atomic E-state index is 14.3. The van der Waals surface area contributed by atoms with E-state index in [-0.39, 0.29) is 11.3 Å². The Morgan fingerprint density at radius 2 is 1.81 bits per heavy atom. The largest absolute Gasteiger partial charge is 0.396 e. The SMILES string of the molecule is Nc1ccc(F)c(C(=O)c2c[nH]c3ncc(-c4ccc([ClH+])cc4)cc23)c1F. The molecular formula is C20H13ClF2N3O+. The van der Waals surface area contributed by atoms with Crippen LogP contribution in [-0.2, 0) is 0 Å². The van der Waals surface area contributed by atoms with Gasteiger partial charge in [-0.25, -0.2) is 13.8 Å². The summed E-state index contributed by atoms with van der Waals surface area (Å²) in [4.78, 5) is 20.0. The molecule has 0 spiro atoms. The topological polar surface area (TPSA) is 71.8 Å². The summed E-state index contributed by atoms with van der Waals surface area (Å²) in [6.45, 7) is 0. The van der Waals surface area contributed by atoms with Crippen molar-refractivity contribution < 1.29 is 25.2 Å². The van der Waals surface area contributed by atoms with E-state index in [1.165, 1.54) is 6.20 Å². The highest BCUT2D eigenvalue weighted by Crippen LogP contribution is 2.28. The van der Waals surface area contributed by atoms with Crippen LogP contribution in [0.4, 0.5) is 14.5 Å². The van der Waals surface area contributed by atoms with Crippen LogP contribution < -0.4 is 5.73 Å². The zero-order valence-corrected chi connectivity index (χ0v) is 14.6. The molecule has 0 saturated heterocycles. The van der Waals surface area contributed by atoms with E-state index in [1.807, 2.05) is 12.1 Å². The molecule has 3 N–H and O–H groups in total. The Hall–Kier alpha value is -3.25. The van der Waals surface area contributed by atoms with Gasteiger partial charge in [-0.1, -0.05) is 0 Å². The lowest BCUT2D eigenvalue weighted by molar-refractivity contribution is -0.288. The van der Waals surface area contributed by atoms with Crippen molar-refractivity contribution in [3.05, 3.63) is 82.6 Å². The number of halogens is 3. The van der Waals surface area contributed by atoms with E-state index in [9.17, 15) is 13.6 Å². The minimum absolute atomic E-state index is 0.114. The summed E-state index contributed by atoms with van der Waals surface area (Å²) in [5, 5.41) is 1.17. The third-order valence-corrected chi connectivity index (χ3v) is 4.58. The van der Waals surface area contributed by atoms with Crippen molar-refractivity contribution in [3.8, 4) is 11.1 Å². The van der Waals surface area contributed by atoms with Crippen LogP contribution >= 0.6 is 0 Å². The van der Waals surface area contributed by atoms with Crippen molar-refractivity contribution in [1.29, 1.82) is 0 Å². The van der Waals surface area contributed by atoms with Crippen molar-refractivity contribution in [3.63, 3.8) is 0 Å². The fourth-order valence-electron chi connectivity index (χ4n) is 2.91. The number of aromatic amines is 1. The lowest BCUT2D eigenvalue weighted by atomic mass is 10.00. The van der Waals surface area contributed by atoms with Crippen LogP contribution in [0.25, 0.3) is 22.2 Å². The van der Waals surface area contributed by atoms with Gasteiger partial charge in [-0.05, 0) is 35.9 Å². The average Bonchev–Trinajstić information content (AvgIpc) is 3.09. The van der Waals surface area contributed by atoms with Gasteiger partial charge in [0.2, 0.25) is 10.8 Å². The number of nitrogen functional groups attached to an aromatic ring is 1. The highest BCUT2D eigenvalue weighted by atomic mass is 35.5. The standard InChI is InChI=1S/C20H12ClF2N3O/c21-12-3-1-10(2-4-12)11-7-13-14(9-26-20(13)25-8-11)19(27)17-15(22)5-6-16(24)18(17)23/h1-9,21H,24H2/p+1. The summed E-state index contributed by atoms with van der Waals surface area (Å²) < 4.78 is 28.4. The number of nitrogens with one attached hydrogen (secondary N) is 1. The number of carbonyl (C=O) groups excluding carboxylic acids is 1. The molecule has 0 saturated carbocycles. The number of pyridine rings is 1. The zero-order valence-electron chi connectivity index (χ0n) is 13.8. The van der Waals surface area contributed by atoms with Gasteiger partial charge in [0, 0.05) is 41.0 Å². The summed E-state index contributed by atoms with van der Waals surface area (Å²) in [5.41, 5.74) is 6.67. The fraction of sp³-hybridized carbons (Fsp3) is 0. The third-order valence-electron chi connectivity index (χ3n) is 4.31. The van der Waals surface area contributed by atoms with Gasteiger partial charge in [0.1, 0.15) is 11.5 Å². The van der Waals surface area contributed by atoms with E-state index in [0.29, 0.717) is 16.1 Å². The summed E-state index contributed by atoms with van der Waals surface area (Å²) in [6.07, 6.45) is 3.03. The molecule has 0 aliphatic heterocycles. The number of hydrogen-bond donors (Lipinski definition) is 2. The quantitative estimate of drug-likeness (QED) is 0.414. The van der Waals surface area contributed by atoms with Crippen LogP contribution in [0.1, 0.15) is 15.9 Å². The number of carbonyl (C=O) groups is 1. The summed E-state index contributed by atoms with van der Waals surface area (Å²) in [5.74, 6) is -2.84. The van der Waals surface area contributed by atoms with Gasteiger partial charge in [-0.2, -0.15) is 0 Å². The molecule has 2 heterocycles. The predicted molar refractivity (Wildman–Crippen MR) is 96.3 cm³/mol. The van der Waals surface area contributed by atoms with Crippen LogP contribution in [0.3, 0.4) is 0 Å². The molecule has 134 valence electrons. The zero-order chi connectivity index (χ0) is 19.1. The minimum atomic E-state index is -1.07. The first-order valence-electron chi connectivity index (χ1n) is 7.98. The molecule has 0 unspecified atom stereocenters. The van der Waals surface area contributed by atoms with E-state index in [1.54, 1.807) is 24.4 Å². The smallest absolute Gasteiger partial charge is 0.225 e. The molecule has 0 radical (unpaired) electrons. The first kappa shape index (κ1) is 17.2. The Morgan fingerprint density at radius 3 is 2.56 bits per heavy atom. The summed E-state index contributed by atoms with van der Waals surface area (Å²) in [7, 11) is 0. The van der Waals surface area contributed by atoms with Gasteiger partial charge in [-0.15, -0.1) is 0 Å². The number of nitrogens with zero attached hydrogens (tertiary/aromatic N) is 1. The maximum atomic E-state index is 14.3. The fourth-order valence-corrected chi connectivity index (χ4v) is 3.04. The van der Waals surface area contributed by atoms with Gasteiger partial charge in [-0.3, -0.25) is 4.79 Å². The second-order valence-electron chi connectivity index (χ2n) is 6.00. The molecule has 4 aromatic rings. The van der Waals surface area contributed by atoms with Gasteiger partial charge < -0.3 is 10.7 Å². The maximum Gasteiger partial charge on any atom is 0.225 e. The van der Waals surface area contributed by atoms with E-state index in [0.717, 1.165) is 23.3 Å². The number of benzene rings is 2. The number of rotatable bonds is 3. The van der Waals surface area contributed by atoms with E-state index < -0.39 is 23.0 Å². The molecule has 0 aliphatic carbocycles. The van der Waals surface area contributed by atoms with Gasteiger partial charge in [0.05, 0.1) is 11.3 Å². The number of nitrogens with two attached hydrogens (primary N) is 1. The Kier molecular flexibility index (Phi) is 4.12. The third kappa shape index (κ3) is 2.94. The predicted octanol–water partition coefficient (Wildman–Crippen LogP) is 4.02. The molecule has 4 nitrogen and oxygen atoms in total. The molecule has 7 heteroatoms. The summed E-state index contributed by atoms with van der Waals surface area (Å²) in [6, 6.07) is 11.1. The highest BCUT2D eigenvalue weighted by Gasteiger charge is 2.23. The number of ketones is 1. The number of fused-ring (bicyclic) bond motifs is 1. The minimum Gasteiger partial charge on any atom is -0.396 e. The molecular weight excluding hydrogens is 372 g/mol. The number of anilines is 1. The number of H-pyrrole nitrogens is 1. The Bertz CT molecular complexity index is 1190. The van der Waals surface area contributed by atoms with Crippen LogP contribution in [0.15, 0.2) is 54.9 Å². The van der Waals surface area contributed by atoms with Crippen LogP contribution in [0, 0.1) is 23.2 Å². The molecule has 2 aromatic heterocycles.